The van der Waals surface area contributed by atoms with Crippen molar-refractivity contribution in [1.29, 1.82) is 0 Å². The highest BCUT2D eigenvalue weighted by molar-refractivity contribution is 7.09. The summed E-state index contributed by atoms with van der Waals surface area (Å²) in [6, 6.07) is 2.32. The molecule has 22 heavy (non-hydrogen) atoms. The molecule has 120 valence electrons. The first-order valence-corrected chi connectivity index (χ1v) is 8.49. The summed E-state index contributed by atoms with van der Waals surface area (Å²) in [4.78, 5) is 4.54. The van der Waals surface area contributed by atoms with Crippen molar-refractivity contribution < 1.29 is 4.74 Å². The minimum atomic E-state index is -0.465. The number of hydrogen-bond acceptors (Lipinski definition) is 6. The van der Waals surface area contributed by atoms with Gasteiger partial charge in [0.05, 0.1) is 11.7 Å². The Hall–Kier alpha value is -1.47. The summed E-state index contributed by atoms with van der Waals surface area (Å²) in [7, 11) is 1.67. The molecule has 1 N–H and O–H groups in total. The molecule has 0 saturated carbocycles. The van der Waals surface area contributed by atoms with Gasteiger partial charge in [-0.3, -0.25) is 4.68 Å². The quantitative estimate of drug-likeness (QED) is 0.916. The summed E-state index contributed by atoms with van der Waals surface area (Å²) in [5, 5.41) is 8.91. The summed E-state index contributed by atoms with van der Waals surface area (Å²) in [5.41, 5.74) is 1.95. The molecule has 3 rings (SSSR count). The van der Waals surface area contributed by atoms with Crippen LogP contribution in [0.1, 0.15) is 56.9 Å². The average molecular weight is 321 g/mol. The lowest BCUT2D eigenvalue weighted by Gasteiger charge is -2.18. The molecule has 0 saturated heterocycles. The van der Waals surface area contributed by atoms with Gasteiger partial charge in [0.2, 0.25) is 5.13 Å². The number of aryl methyl sites for hydroxylation is 2. The van der Waals surface area contributed by atoms with Gasteiger partial charge in [0.25, 0.3) is 0 Å². The largest absolute Gasteiger partial charge is 0.371 e. The first kappa shape index (κ1) is 15.4. The molecule has 0 fully saturated rings. The first-order valence-electron chi connectivity index (χ1n) is 7.72. The second kappa shape index (κ2) is 5.96. The van der Waals surface area contributed by atoms with Gasteiger partial charge in [-0.05, 0) is 46.1 Å². The van der Waals surface area contributed by atoms with Crippen molar-refractivity contribution in [2.45, 2.75) is 58.2 Å². The lowest BCUT2D eigenvalue weighted by Crippen LogP contribution is -2.21. The van der Waals surface area contributed by atoms with E-state index in [1.807, 2.05) is 13.8 Å². The van der Waals surface area contributed by atoms with Crippen LogP contribution in [0.5, 0.6) is 0 Å². The molecular weight excluding hydrogens is 298 g/mol. The Bertz CT molecular complexity index is 625. The number of hydrogen-bond donors (Lipinski definition) is 1. The average Bonchev–Trinajstić information content (AvgIpc) is 3.13. The summed E-state index contributed by atoms with van der Waals surface area (Å²) in [5.74, 6) is 0.707. The van der Waals surface area contributed by atoms with Gasteiger partial charge in [0, 0.05) is 30.9 Å². The van der Waals surface area contributed by atoms with Crippen LogP contribution in [-0.4, -0.2) is 26.2 Å². The molecule has 6 nitrogen and oxygen atoms in total. The van der Waals surface area contributed by atoms with Gasteiger partial charge in [-0.25, -0.2) is 4.98 Å². The molecule has 2 aromatic rings. The Morgan fingerprint density at radius 1 is 1.41 bits per heavy atom. The van der Waals surface area contributed by atoms with Crippen molar-refractivity contribution in [3.05, 3.63) is 23.3 Å². The number of nitrogens with one attached hydrogen (secondary N) is 1. The Balaban J connectivity index is 1.71. The van der Waals surface area contributed by atoms with Gasteiger partial charge in [-0.1, -0.05) is 0 Å². The highest BCUT2D eigenvalue weighted by Crippen LogP contribution is 2.27. The van der Waals surface area contributed by atoms with E-state index >= 15 is 0 Å². The maximum atomic E-state index is 5.42. The minimum Gasteiger partial charge on any atom is -0.371 e. The van der Waals surface area contributed by atoms with Gasteiger partial charge >= 0.3 is 0 Å². The van der Waals surface area contributed by atoms with Crippen molar-refractivity contribution in [2.24, 2.45) is 0 Å². The topological polar surface area (TPSA) is 64.9 Å². The molecule has 1 aliphatic rings. The fraction of sp³-hybridized carbons (Fsp3) is 0.667. The highest BCUT2D eigenvalue weighted by atomic mass is 32.1. The monoisotopic (exact) mass is 321 g/mol. The lowest BCUT2D eigenvalue weighted by atomic mass is 10.1. The fourth-order valence-corrected chi connectivity index (χ4v) is 3.32. The van der Waals surface area contributed by atoms with Gasteiger partial charge in [-0.15, -0.1) is 0 Å². The predicted molar refractivity (Wildman–Crippen MR) is 87.1 cm³/mol. The third-order valence-electron chi connectivity index (χ3n) is 4.19. The fourth-order valence-electron chi connectivity index (χ4n) is 2.53. The van der Waals surface area contributed by atoms with E-state index in [4.69, 9.17) is 9.84 Å². The molecule has 0 aromatic carbocycles. The third kappa shape index (κ3) is 3.01. The van der Waals surface area contributed by atoms with Crippen molar-refractivity contribution >= 4 is 16.7 Å². The van der Waals surface area contributed by atoms with Gasteiger partial charge < -0.3 is 10.1 Å². The van der Waals surface area contributed by atoms with E-state index in [-0.39, 0.29) is 6.04 Å². The third-order valence-corrected chi connectivity index (χ3v) is 4.84. The van der Waals surface area contributed by atoms with Crippen LogP contribution in [0.2, 0.25) is 0 Å². The molecule has 2 aromatic heterocycles. The maximum Gasteiger partial charge on any atom is 0.203 e. The number of fused-ring (bicyclic) bond motifs is 1. The van der Waals surface area contributed by atoms with Crippen molar-refractivity contribution in [3.63, 3.8) is 0 Å². The zero-order chi connectivity index (χ0) is 15.7. The molecule has 0 radical (unpaired) electrons. The number of nitrogens with zero attached hydrogens (tertiary/aromatic N) is 4. The standard InChI is InChI=1S/C15H23N5OS/c1-10(12-9-11-7-5-6-8-20(11)18-12)16-14-17-13(19-22-14)15(2,3)21-4/h9-10H,5-8H2,1-4H3,(H,16,17,19). The Morgan fingerprint density at radius 3 is 2.95 bits per heavy atom. The van der Waals surface area contributed by atoms with E-state index in [2.05, 4.69) is 32.3 Å². The molecule has 1 unspecified atom stereocenters. The van der Waals surface area contributed by atoms with Crippen LogP contribution in [0.25, 0.3) is 0 Å². The summed E-state index contributed by atoms with van der Waals surface area (Å²) in [6.45, 7) is 7.07. The van der Waals surface area contributed by atoms with Gasteiger partial charge in [0.1, 0.15) is 5.60 Å². The van der Waals surface area contributed by atoms with Crippen molar-refractivity contribution in [3.8, 4) is 0 Å². The van der Waals surface area contributed by atoms with Crippen LogP contribution in [-0.2, 0) is 23.3 Å². The van der Waals surface area contributed by atoms with Crippen LogP contribution < -0.4 is 5.32 Å². The van der Waals surface area contributed by atoms with Crippen molar-refractivity contribution in [1.82, 2.24) is 19.1 Å². The molecule has 0 amide bonds. The van der Waals surface area contributed by atoms with Crippen LogP contribution >= 0.6 is 11.5 Å². The van der Waals surface area contributed by atoms with E-state index in [1.54, 1.807) is 7.11 Å². The van der Waals surface area contributed by atoms with E-state index < -0.39 is 5.60 Å². The van der Waals surface area contributed by atoms with Gasteiger partial charge in [0.15, 0.2) is 5.82 Å². The maximum absolute atomic E-state index is 5.42. The van der Waals surface area contributed by atoms with E-state index in [0.29, 0.717) is 5.82 Å². The second-order valence-corrected chi connectivity index (χ2v) is 7.00. The summed E-state index contributed by atoms with van der Waals surface area (Å²) < 4.78 is 11.9. The normalized spacial score (nSPS) is 16.4. The molecule has 0 bridgehead atoms. The number of aromatic nitrogens is 4. The molecule has 0 spiro atoms. The SMILES string of the molecule is COC(C)(C)c1nsc(NC(C)c2cc3n(n2)CCCC3)n1. The van der Waals surface area contributed by atoms with Crippen molar-refractivity contribution in [2.75, 3.05) is 12.4 Å². The van der Waals surface area contributed by atoms with Crippen LogP contribution in [0.15, 0.2) is 6.07 Å². The smallest absolute Gasteiger partial charge is 0.203 e. The number of rotatable bonds is 5. The molecule has 7 heteroatoms. The predicted octanol–water partition coefficient (Wildman–Crippen LogP) is 3.13. The molecule has 1 aliphatic heterocycles. The van der Waals surface area contributed by atoms with E-state index in [1.165, 1.54) is 30.1 Å². The van der Waals surface area contributed by atoms with E-state index in [9.17, 15) is 0 Å². The Kier molecular flexibility index (Phi) is 4.18. The number of ether oxygens (including phenoxy) is 1. The van der Waals surface area contributed by atoms with E-state index in [0.717, 1.165) is 23.8 Å². The zero-order valence-corrected chi connectivity index (χ0v) is 14.4. The van der Waals surface area contributed by atoms with Crippen LogP contribution in [0, 0.1) is 0 Å². The summed E-state index contributed by atoms with van der Waals surface area (Å²) >= 11 is 1.36. The van der Waals surface area contributed by atoms with Crippen LogP contribution in [0.4, 0.5) is 5.13 Å². The molecule has 0 aliphatic carbocycles. The second-order valence-electron chi connectivity index (χ2n) is 6.24. The Labute approximate surface area is 135 Å². The first-order chi connectivity index (χ1) is 10.5. The Morgan fingerprint density at radius 2 is 2.23 bits per heavy atom. The van der Waals surface area contributed by atoms with Gasteiger partial charge in [-0.2, -0.15) is 9.47 Å². The number of methoxy groups -OCH3 is 1. The highest BCUT2D eigenvalue weighted by Gasteiger charge is 2.25. The molecule has 1 atom stereocenters. The molecular formula is C15H23N5OS. The van der Waals surface area contributed by atoms with Crippen LogP contribution in [0.3, 0.4) is 0 Å². The molecule has 3 heterocycles. The minimum absolute atomic E-state index is 0.115. The number of anilines is 1. The summed E-state index contributed by atoms with van der Waals surface area (Å²) in [6.07, 6.45) is 3.62. The zero-order valence-electron chi connectivity index (χ0n) is 13.6. The lowest BCUT2D eigenvalue weighted by molar-refractivity contribution is 0.0126.